The molecular formula is C14H21N3O2S. The number of thioether (sulfide) groups is 1. The Kier molecular flexibility index (Phi) is 4.29. The SMILES string of the molecule is CCCc1nnc(SCC(=O)N[C@H]2C[C@H]3CC[C@@H]2C3)o1. The standard InChI is InChI=1S/C14H21N3O2S/c1-2-3-13-16-17-14(19-13)20-8-12(18)15-11-7-9-4-5-10(11)6-9/h9-11H,2-8H2,1H3,(H,15,18)/t9-,10+,11-/m0/s1. The van der Waals surface area contributed by atoms with Crippen LogP contribution < -0.4 is 5.32 Å². The van der Waals surface area contributed by atoms with Gasteiger partial charge in [0, 0.05) is 12.5 Å². The van der Waals surface area contributed by atoms with E-state index in [0.717, 1.165) is 18.8 Å². The van der Waals surface area contributed by atoms with Gasteiger partial charge in [-0.05, 0) is 37.5 Å². The van der Waals surface area contributed by atoms with E-state index in [0.29, 0.717) is 28.8 Å². The molecule has 2 aliphatic rings. The molecule has 3 rings (SSSR count). The van der Waals surface area contributed by atoms with Crippen molar-refractivity contribution in [2.75, 3.05) is 5.75 Å². The Balaban J connectivity index is 1.42. The van der Waals surface area contributed by atoms with E-state index >= 15 is 0 Å². The first-order valence-corrected chi connectivity index (χ1v) is 8.47. The Labute approximate surface area is 123 Å². The second kappa shape index (κ2) is 6.16. The first-order valence-electron chi connectivity index (χ1n) is 7.49. The van der Waals surface area contributed by atoms with Crippen molar-refractivity contribution in [2.24, 2.45) is 11.8 Å². The maximum absolute atomic E-state index is 12.0. The number of amides is 1. The Morgan fingerprint density at radius 2 is 2.30 bits per heavy atom. The Morgan fingerprint density at radius 1 is 1.40 bits per heavy atom. The third-order valence-corrected chi connectivity index (χ3v) is 5.14. The van der Waals surface area contributed by atoms with E-state index in [1.807, 2.05) is 0 Å². The van der Waals surface area contributed by atoms with Gasteiger partial charge in [-0.2, -0.15) is 0 Å². The second-order valence-electron chi connectivity index (χ2n) is 5.85. The first kappa shape index (κ1) is 13.9. The molecule has 0 unspecified atom stereocenters. The number of rotatable bonds is 6. The van der Waals surface area contributed by atoms with Crippen molar-refractivity contribution in [3.05, 3.63) is 5.89 Å². The van der Waals surface area contributed by atoms with Crippen LogP contribution in [0, 0.1) is 11.8 Å². The van der Waals surface area contributed by atoms with E-state index in [2.05, 4.69) is 22.4 Å². The molecule has 0 radical (unpaired) electrons. The lowest BCUT2D eigenvalue weighted by Gasteiger charge is -2.22. The maximum Gasteiger partial charge on any atom is 0.277 e. The van der Waals surface area contributed by atoms with Crippen LogP contribution in [-0.2, 0) is 11.2 Å². The fourth-order valence-corrected chi connectivity index (χ4v) is 4.00. The van der Waals surface area contributed by atoms with Gasteiger partial charge in [0.25, 0.3) is 5.22 Å². The van der Waals surface area contributed by atoms with Gasteiger partial charge in [0.05, 0.1) is 5.75 Å². The van der Waals surface area contributed by atoms with Crippen molar-refractivity contribution in [3.63, 3.8) is 0 Å². The zero-order chi connectivity index (χ0) is 13.9. The summed E-state index contributed by atoms with van der Waals surface area (Å²) in [6.45, 7) is 2.07. The average molecular weight is 295 g/mol. The number of nitrogens with zero attached hydrogens (tertiary/aromatic N) is 2. The molecule has 0 saturated heterocycles. The van der Waals surface area contributed by atoms with Crippen LogP contribution >= 0.6 is 11.8 Å². The van der Waals surface area contributed by atoms with Crippen LogP contribution in [0.15, 0.2) is 9.64 Å². The summed E-state index contributed by atoms with van der Waals surface area (Å²) in [5.74, 6) is 2.67. The summed E-state index contributed by atoms with van der Waals surface area (Å²) in [5.41, 5.74) is 0. The number of carbonyl (C=O) groups excluding carboxylic acids is 1. The van der Waals surface area contributed by atoms with Gasteiger partial charge >= 0.3 is 0 Å². The summed E-state index contributed by atoms with van der Waals surface area (Å²) in [6, 6.07) is 0.403. The van der Waals surface area contributed by atoms with E-state index in [4.69, 9.17) is 4.42 Å². The smallest absolute Gasteiger partial charge is 0.277 e. The predicted molar refractivity (Wildman–Crippen MR) is 76.4 cm³/mol. The van der Waals surface area contributed by atoms with Crippen molar-refractivity contribution < 1.29 is 9.21 Å². The number of aryl methyl sites for hydroxylation is 1. The summed E-state index contributed by atoms with van der Waals surface area (Å²) in [4.78, 5) is 12.0. The van der Waals surface area contributed by atoms with Gasteiger partial charge < -0.3 is 9.73 Å². The molecule has 20 heavy (non-hydrogen) atoms. The van der Waals surface area contributed by atoms with E-state index in [1.54, 1.807) is 0 Å². The third kappa shape index (κ3) is 3.16. The Bertz CT molecular complexity index is 477. The van der Waals surface area contributed by atoms with E-state index < -0.39 is 0 Å². The summed E-state index contributed by atoms with van der Waals surface area (Å²) >= 11 is 1.33. The van der Waals surface area contributed by atoms with E-state index in [-0.39, 0.29) is 5.91 Å². The van der Waals surface area contributed by atoms with Crippen LogP contribution in [-0.4, -0.2) is 27.9 Å². The number of carbonyl (C=O) groups is 1. The van der Waals surface area contributed by atoms with Crippen LogP contribution in [0.1, 0.15) is 44.9 Å². The van der Waals surface area contributed by atoms with Crippen molar-refractivity contribution in [1.29, 1.82) is 0 Å². The molecule has 1 heterocycles. The summed E-state index contributed by atoms with van der Waals surface area (Å²) in [7, 11) is 0. The van der Waals surface area contributed by atoms with Crippen molar-refractivity contribution in [2.45, 2.75) is 56.7 Å². The molecule has 2 fully saturated rings. The maximum atomic E-state index is 12.0. The van der Waals surface area contributed by atoms with Gasteiger partial charge in [0.1, 0.15) is 0 Å². The molecular weight excluding hydrogens is 274 g/mol. The normalized spacial score (nSPS) is 27.9. The molecule has 1 aromatic heterocycles. The lowest BCUT2D eigenvalue weighted by molar-refractivity contribution is -0.119. The monoisotopic (exact) mass is 295 g/mol. The number of aromatic nitrogens is 2. The Morgan fingerprint density at radius 3 is 3.00 bits per heavy atom. The van der Waals surface area contributed by atoms with Gasteiger partial charge in [-0.1, -0.05) is 25.1 Å². The Hall–Kier alpha value is -1.04. The molecule has 0 spiro atoms. The summed E-state index contributed by atoms with van der Waals surface area (Å²) in [5, 5.41) is 11.6. The third-order valence-electron chi connectivity index (χ3n) is 4.32. The van der Waals surface area contributed by atoms with Crippen LogP contribution in [0.4, 0.5) is 0 Å². The largest absolute Gasteiger partial charge is 0.416 e. The molecule has 3 atom stereocenters. The van der Waals surface area contributed by atoms with Crippen LogP contribution in [0.2, 0.25) is 0 Å². The minimum absolute atomic E-state index is 0.0859. The van der Waals surface area contributed by atoms with Crippen LogP contribution in [0.3, 0.4) is 0 Å². The van der Waals surface area contributed by atoms with Gasteiger partial charge in [0.15, 0.2) is 0 Å². The molecule has 1 N–H and O–H groups in total. The highest BCUT2D eigenvalue weighted by molar-refractivity contribution is 7.99. The van der Waals surface area contributed by atoms with E-state index in [1.165, 1.54) is 37.4 Å². The van der Waals surface area contributed by atoms with Gasteiger partial charge in [-0.25, -0.2) is 0 Å². The molecule has 110 valence electrons. The fourth-order valence-electron chi connectivity index (χ4n) is 3.41. The lowest BCUT2D eigenvalue weighted by atomic mass is 9.95. The van der Waals surface area contributed by atoms with Crippen LogP contribution in [0.25, 0.3) is 0 Å². The van der Waals surface area contributed by atoms with Crippen LogP contribution in [0.5, 0.6) is 0 Å². The molecule has 2 aliphatic carbocycles. The van der Waals surface area contributed by atoms with Crippen molar-refractivity contribution in [3.8, 4) is 0 Å². The zero-order valence-corrected chi connectivity index (χ0v) is 12.6. The molecule has 6 heteroatoms. The zero-order valence-electron chi connectivity index (χ0n) is 11.8. The quantitative estimate of drug-likeness (QED) is 0.816. The lowest BCUT2D eigenvalue weighted by Crippen LogP contribution is -2.39. The number of fused-ring (bicyclic) bond motifs is 2. The molecule has 2 saturated carbocycles. The summed E-state index contributed by atoms with van der Waals surface area (Å²) in [6.07, 6.45) is 6.90. The minimum atomic E-state index is 0.0859. The van der Waals surface area contributed by atoms with Crippen molar-refractivity contribution in [1.82, 2.24) is 15.5 Å². The van der Waals surface area contributed by atoms with Gasteiger partial charge in [0.2, 0.25) is 11.8 Å². The second-order valence-corrected chi connectivity index (χ2v) is 6.78. The molecule has 2 bridgehead atoms. The van der Waals surface area contributed by atoms with Crippen molar-refractivity contribution >= 4 is 17.7 Å². The molecule has 0 aliphatic heterocycles. The van der Waals surface area contributed by atoms with E-state index in [9.17, 15) is 4.79 Å². The topological polar surface area (TPSA) is 68.0 Å². The highest BCUT2D eigenvalue weighted by atomic mass is 32.2. The minimum Gasteiger partial charge on any atom is -0.416 e. The molecule has 0 aromatic carbocycles. The number of hydrogen-bond donors (Lipinski definition) is 1. The number of hydrogen-bond acceptors (Lipinski definition) is 5. The van der Waals surface area contributed by atoms with Gasteiger partial charge in [-0.15, -0.1) is 10.2 Å². The average Bonchev–Trinajstić information content (AvgIpc) is 3.13. The highest BCUT2D eigenvalue weighted by Crippen LogP contribution is 2.44. The fraction of sp³-hybridized carbons (Fsp3) is 0.786. The highest BCUT2D eigenvalue weighted by Gasteiger charge is 2.39. The molecule has 1 aromatic rings. The van der Waals surface area contributed by atoms with Gasteiger partial charge in [-0.3, -0.25) is 4.79 Å². The number of nitrogens with one attached hydrogen (secondary N) is 1. The molecule has 5 nitrogen and oxygen atoms in total. The first-order chi connectivity index (χ1) is 9.74. The predicted octanol–water partition coefficient (Wildman–Crippen LogP) is 2.42. The summed E-state index contributed by atoms with van der Waals surface area (Å²) < 4.78 is 5.45. The molecule has 1 amide bonds.